The zero-order valence-corrected chi connectivity index (χ0v) is 11.3. The number of carbonyl (C=O) groups is 2. The van der Waals surface area contributed by atoms with Crippen molar-refractivity contribution in [3.8, 4) is 0 Å². The Hall–Kier alpha value is -1.67. The van der Waals surface area contributed by atoms with Crippen LogP contribution in [-0.2, 0) is 16.1 Å². The van der Waals surface area contributed by atoms with Gasteiger partial charge in [0.1, 0.15) is 12.2 Å². The van der Waals surface area contributed by atoms with Crippen molar-refractivity contribution < 1.29 is 19.4 Å². The van der Waals surface area contributed by atoms with Crippen LogP contribution in [0, 0.1) is 0 Å². The van der Waals surface area contributed by atoms with Crippen molar-refractivity contribution >= 4 is 23.3 Å². The van der Waals surface area contributed by atoms with Crippen molar-refractivity contribution in [3.05, 3.63) is 16.6 Å². The average Bonchev–Trinajstić information content (AvgIpc) is 2.83. The number of rotatable bonds is 5. The lowest BCUT2D eigenvalue weighted by Crippen LogP contribution is -2.65. The Morgan fingerprint density at radius 3 is 2.95 bits per heavy atom. The van der Waals surface area contributed by atoms with Crippen LogP contribution in [0.4, 0.5) is 4.79 Å². The number of thiazole rings is 1. The van der Waals surface area contributed by atoms with E-state index in [9.17, 15) is 9.59 Å². The number of hydrogen-bond acceptors (Lipinski definition) is 5. The molecule has 0 bridgehead atoms. The number of nitrogens with one attached hydrogen (secondary N) is 1. The summed E-state index contributed by atoms with van der Waals surface area (Å²) in [7, 11) is 0. The summed E-state index contributed by atoms with van der Waals surface area (Å²) in [5.74, 6) is -1.01. The van der Waals surface area contributed by atoms with Crippen LogP contribution < -0.4 is 5.32 Å². The number of amides is 2. The number of carbonyl (C=O) groups excluding carboxylic acids is 1. The minimum Gasteiger partial charge on any atom is -0.480 e. The maximum Gasteiger partial charge on any atom is 0.329 e. The smallest absolute Gasteiger partial charge is 0.329 e. The Morgan fingerprint density at radius 1 is 1.63 bits per heavy atom. The van der Waals surface area contributed by atoms with Crippen molar-refractivity contribution in [1.29, 1.82) is 0 Å². The lowest BCUT2D eigenvalue weighted by molar-refractivity contribution is -0.159. The van der Waals surface area contributed by atoms with Gasteiger partial charge in [-0.25, -0.2) is 14.6 Å². The molecular formula is C11H15N3O4S. The molecule has 1 saturated heterocycles. The second-order valence-electron chi connectivity index (χ2n) is 4.63. The molecule has 1 aromatic rings. The van der Waals surface area contributed by atoms with E-state index in [4.69, 9.17) is 9.84 Å². The standard InChI is InChI=1S/C11H15N3O4S/c1-11(18-3-9(15)16)5-14(6-11)10(17)12-2-8-4-19-7-13-8/h4,7H,2-3,5-6H2,1H3,(H,12,17)(H,15,16). The minimum atomic E-state index is -1.01. The van der Waals surface area contributed by atoms with Gasteiger partial charge in [-0.15, -0.1) is 11.3 Å². The van der Waals surface area contributed by atoms with Crippen LogP contribution >= 0.6 is 11.3 Å². The number of likely N-dealkylation sites (tertiary alicyclic amines) is 1. The van der Waals surface area contributed by atoms with Crippen LogP contribution in [0.1, 0.15) is 12.6 Å². The molecule has 0 unspecified atom stereocenters. The molecule has 1 fully saturated rings. The number of nitrogens with zero attached hydrogens (tertiary/aromatic N) is 2. The monoisotopic (exact) mass is 285 g/mol. The van der Waals surface area contributed by atoms with Gasteiger partial charge in [0.25, 0.3) is 0 Å². The third-order valence-corrected chi connectivity index (χ3v) is 3.42. The van der Waals surface area contributed by atoms with Crippen LogP contribution in [0.3, 0.4) is 0 Å². The maximum atomic E-state index is 11.8. The van der Waals surface area contributed by atoms with Crippen molar-refractivity contribution in [1.82, 2.24) is 15.2 Å². The molecule has 0 saturated carbocycles. The number of aromatic nitrogens is 1. The van der Waals surface area contributed by atoms with E-state index in [2.05, 4.69) is 10.3 Å². The van der Waals surface area contributed by atoms with Crippen LogP contribution in [0.15, 0.2) is 10.9 Å². The van der Waals surface area contributed by atoms with E-state index in [1.807, 2.05) is 5.38 Å². The van der Waals surface area contributed by atoms with Crippen molar-refractivity contribution in [2.75, 3.05) is 19.7 Å². The van der Waals surface area contributed by atoms with Crippen LogP contribution in [0.25, 0.3) is 0 Å². The molecule has 0 radical (unpaired) electrons. The lowest BCUT2D eigenvalue weighted by atomic mass is 9.97. The van der Waals surface area contributed by atoms with E-state index in [0.717, 1.165) is 5.69 Å². The molecule has 0 aliphatic carbocycles. The first-order valence-electron chi connectivity index (χ1n) is 5.74. The number of carboxylic acid groups (broad SMARTS) is 1. The second-order valence-corrected chi connectivity index (χ2v) is 5.35. The molecule has 19 heavy (non-hydrogen) atoms. The normalized spacial score (nSPS) is 16.8. The number of urea groups is 1. The second kappa shape index (κ2) is 5.54. The molecule has 8 heteroatoms. The molecule has 2 heterocycles. The van der Waals surface area contributed by atoms with E-state index in [-0.39, 0.29) is 12.6 Å². The SMILES string of the molecule is CC1(OCC(=O)O)CN(C(=O)NCc2cscn2)C1. The van der Waals surface area contributed by atoms with Gasteiger partial charge in [-0.2, -0.15) is 0 Å². The predicted molar refractivity (Wildman–Crippen MR) is 67.9 cm³/mol. The topological polar surface area (TPSA) is 91.8 Å². The van der Waals surface area contributed by atoms with Crippen molar-refractivity contribution in [2.45, 2.75) is 19.1 Å². The molecule has 1 aromatic heterocycles. The highest BCUT2D eigenvalue weighted by molar-refractivity contribution is 7.07. The quantitative estimate of drug-likeness (QED) is 0.823. The minimum absolute atomic E-state index is 0.190. The number of aliphatic carboxylic acids is 1. The van der Waals surface area contributed by atoms with E-state index >= 15 is 0 Å². The Morgan fingerprint density at radius 2 is 2.37 bits per heavy atom. The summed E-state index contributed by atoms with van der Waals surface area (Å²) < 4.78 is 5.23. The Labute approximate surface area is 114 Å². The summed E-state index contributed by atoms with van der Waals surface area (Å²) in [5, 5.41) is 13.2. The van der Waals surface area contributed by atoms with Crippen molar-refractivity contribution in [2.24, 2.45) is 0 Å². The first kappa shape index (κ1) is 13.8. The number of carboxylic acids is 1. The first-order chi connectivity index (χ1) is 8.98. The Bertz CT molecular complexity index is 457. The van der Waals surface area contributed by atoms with Gasteiger partial charge in [0.05, 0.1) is 30.8 Å². The van der Waals surface area contributed by atoms with Gasteiger partial charge in [-0.1, -0.05) is 0 Å². The fraction of sp³-hybridized carbons (Fsp3) is 0.545. The highest BCUT2D eigenvalue weighted by Crippen LogP contribution is 2.24. The van der Waals surface area contributed by atoms with Crippen LogP contribution in [0.2, 0.25) is 0 Å². The Kier molecular flexibility index (Phi) is 4.01. The van der Waals surface area contributed by atoms with E-state index < -0.39 is 11.6 Å². The highest BCUT2D eigenvalue weighted by Gasteiger charge is 2.42. The first-order valence-corrected chi connectivity index (χ1v) is 6.68. The maximum absolute atomic E-state index is 11.8. The molecule has 2 rings (SSSR count). The fourth-order valence-corrected chi connectivity index (χ4v) is 2.39. The molecule has 2 amide bonds. The molecule has 1 aliphatic rings. The van der Waals surface area contributed by atoms with Crippen molar-refractivity contribution in [3.63, 3.8) is 0 Å². The number of ether oxygens (including phenoxy) is 1. The van der Waals surface area contributed by atoms with Gasteiger partial charge < -0.3 is 20.1 Å². The van der Waals surface area contributed by atoms with E-state index in [1.165, 1.54) is 11.3 Å². The molecule has 0 atom stereocenters. The summed E-state index contributed by atoms with van der Waals surface area (Å²) in [6.07, 6.45) is 0. The summed E-state index contributed by atoms with van der Waals surface area (Å²) >= 11 is 1.48. The number of hydrogen-bond donors (Lipinski definition) is 2. The molecule has 0 spiro atoms. The van der Waals surface area contributed by atoms with Gasteiger partial charge in [0, 0.05) is 5.38 Å². The average molecular weight is 285 g/mol. The molecule has 1 aliphatic heterocycles. The van der Waals surface area contributed by atoms with Gasteiger partial charge in [0.15, 0.2) is 0 Å². The largest absolute Gasteiger partial charge is 0.480 e. The molecule has 7 nitrogen and oxygen atoms in total. The predicted octanol–water partition coefficient (Wildman–Crippen LogP) is 0.528. The Balaban J connectivity index is 1.70. The summed E-state index contributed by atoms with van der Waals surface area (Å²) in [4.78, 5) is 27.8. The summed E-state index contributed by atoms with van der Waals surface area (Å²) in [6.45, 7) is 2.63. The third-order valence-electron chi connectivity index (χ3n) is 2.79. The summed E-state index contributed by atoms with van der Waals surface area (Å²) in [5.41, 5.74) is 1.97. The molecule has 2 N–H and O–H groups in total. The lowest BCUT2D eigenvalue weighted by Gasteiger charge is -2.46. The molecular weight excluding hydrogens is 270 g/mol. The zero-order chi connectivity index (χ0) is 13.9. The molecule has 104 valence electrons. The van der Waals surface area contributed by atoms with Gasteiger partial charge >= 0.3 is 12.0 Å². The van der Waals surface area contributed by atoms with E-state index in [0.29, 0.717) is 19.6 Å². The van der Waals surface area contributed by atoms with E-state index in [1.54, 1.807) is 17.3 Å². The van der Waals surface area contributed by atoms with Crippen LogP contribution in [0.5, 0.6) is 0 Å². The van der Waals surface area contributed by atoms with Gasteiger partial charge in [-0.05, 0) is 6.92 Å². The van der Waals surface area contributed by atoms with Crippen LogP contribution in [-0.4, -0.2) is 52.3 Å². The van der Waals surface area contributed by atoms with Gasteiger partial charge in [0.2, 0.25) is 0 Å². The van der Waals surface area contributed by atoms with Gasteiger partial charge in [-0.3, -0.25) is 0 Å². The summed E-state index contributed by atoms with van der Waals surface area (Å²) in [6, 6.07) is -0.190. The third kappa shape index (κ3) is 3.65. The fourth-order valence-electron chi connectivity index (χ4n) is 1.83. The highest BCUT2D eigenvalue weighted by atomic mass is 32.1. The zero-order valence-electron chi connectivity index (χ0n) is 10.5. The molecule has 0 aromatic carbocycles.